The third kappa shape index (κ3) is 5.98. The van der Waals surface area contributed by atoms with E-state index in [-0.39, 0.29) is 12.2 Å². The Labute approximate surface area is 258 Å². The number of hydrogen-bond donors (Lipinski definition) is 0. The molecule has 4 aromatic carbocycles. The van der Waals surface area contributed by atoms with Crippen LogP contribution in [-0.4, -0.2) is 24.3 Å². The zero-order chi connectivity index (χ0) is 30.5. The van der Waals surface area contributed by atoms with Crippen molar-refractivity contribution >= 4 is 29.1 Å². The average Bonchev–Trinajstić information content (AvgIpc) is 3.38. The highest BCUT2D eigenvalue weighted by Gasteiger charge is 2.35. The predicted octanol–water partition coefficient (Wildman–Crippen LogP) is 5.52. The molecule has 0 N–H and O–H groups in total. The smallest absolute Gasteiger partial charge is 0.338 e. The molecular weight excluding hydrogens is 572 g/mol. The van der Waals surface area contributed by atoms with E-state index in [2.05, 4.69) is 0 Å². The Morgan fingerprint density at radius 2 is 1.64 bits per heavy atom. The van der Waals surface area contributed by atoms with Gasteiger partial charge in [-0.25, -0.2) is 9.79 Å². The van der Waals surface area contributed by atoms with Crippen LogP contribution in [0.1, 0.15) is 35.2 Å². The molecule has 44 heavy (non-hydrogen) atoms. The summed E-state index contributed by atoms with van der Waals surface area (Å²) >= 11 is 1.28. The molecule has 0 aliphatic carbocycles. The number of rotatable bonds is 9. The van der Waals surface area contributed by atoms with Crippen molar-refractivity contribution in [1.29, 1.82) is 0 Å². The van der Waals surface area contributed by atoms with Gasteiger partial charge in [-0.05, 0) is 54.0 Å². The number of aromatic nitrogens is 1. The summed E-state index contributed by atoms with van der Waals surface area (Å²) in [4.78, 5) is 33.1. The average molecular weight is 603 g/mol. The number of fused-ring (bicyclic) bond motifs is 1. The highest BCUT2D eigenvalue weighted by atomic mass is 32.1. The molecule has 5 aromatic rings. The fourth-order valence-corrected chi connectivity index (χ4v) is 6.13. The van der Waals surface area contributed by atoms with E-state index in [9.17, 15) is 9.59 Å². The van der Waals surface area contributed by atoms with Gasteiger partial charge in [-0.1, -0.05) is 96.3 Å². The van der Waals surface area contributed by atoms with Crippen LogP contribution in [0.15, 0.2) is 125 Å². The van der Waals surface area contributed by atoms with Crippen molar-refractivity contribution in [3.8, 4) is 11.5 Å². The summed E-state index contributed by atoms with van der Waals surface area (Å²) in [5.41, 5.74) is 3.91. The zero-order valence-electron chi connectivity index (χ0n) is 24.3. The number of hydrogen-bond acceptors (Lipinski definition) is 7. The number of ether oxygens (including phenoxy) is 3. The molecule has 220 valence electrons. The molecule has 7 nitrogen and oxygen atoms in total. The van der Waals surface area contributed by atoms with E-state index in [1.54, 1.807) is 18.6 Å². The Kier molecular flexibility index (Phi) is 8.52. The molecule has 0 unspecified atom stereocenters. The summed E-state index contributed by atoms with van der Waals surface area (Å²) in [6.07, 6.45) is 1.83. The van der Waals surface area contributed by atoms with Crippen LogP contribution in [-0.2, 0) is 16.1 Å². The van der Waals surface area contributed by atoms with Gasteiger partial charge >= 0.3 is 5.97 Å². The summed E-state index contributed by atoms with van der Waals surface area (Å²) in [5.74, 6) is 0.844. The molecule has 1 aliphatic heterocycles. The van der Waals surface area contributed by atoms with Crippen molar-refractivity contribution < 1.29 is 19.0 Å². The van der Waals surface area contributed by atoms with Gasteiger partial charge in [-0.2, -0.15) is 0 Å². The van der Waals surface area contributed by atoms with Gasteiger partial charge in [-0.3, -0.25) is 9.36 Å². The quantitative estimate of drug-likeness (QED) is 0.208. The first-order valence-corrected chi connectivity index (χ1v) is 15.1. The molecule has 6 rings (SSSR count). The maximum atomic E-state index is 14.1. The van der Waals surface area contributed by atoms with Gasteiger partial charge in [0.2, 0.25) is 0 Å². The molecule has 0 saturated carbocycles. The molecule has 8 heteroatoms. The molecule has 0 radical (unpaired) electrons. The van der Waals surface area contributed by atoms with Crippen LogP contribution in [0.4, 0.5) is 0 Å². The Bertz CT molecular complexity index is 2000. The normalized spacial score (nSPS) is 14.5. The Balaban J connectivity index is 1.49. The van der Waals surface area contributed by atoms with Crippen molar-refractivity contribution in [1.82, 2.24) is 4.57 Å². The van der Waals surface area contributed by atoms with Crippen molar-refractivity contribution in [2.45, 2.75) is 19.6 Å². The van der Waals surface area contributed by atoms with Crippen LogP contribution in [0.5, 0.6) is 11.5 Å². The third-order valence-electron chi connectivity index (χ3n) is 7.21. The van der Waals surface area contributed by atoms with Gasteiger partial charge in [0.15, 0.2) is 4.80 Å². The molecular formula is C36H30N2O5S. The molecule has 0 bridgehead atoms. The van der Waals surface area contributed by atoms with Crippen LogP contribution < -0.4 is 24.4 Å². The minimum absolute atomic E-state index is 0.187. The van der Waals surface area contributed by atoms with Crippen molar-refractivity contribution in [3.63, 3.8) is 0 Å². The molecule has 0 amide bonds. The Morgan fingerprint density at radius 3 is 2.34 bits per heavy atom. The summed E-state index contributed by atoms with van der Waals surface area (Å²) in [5, 5.41) is 0. The lowest BCUT2D eigenvalue weighted by Crippen LogP contribution is -2.40. The van der Waals surface area contributed by atoms with E-state index in [0.717, 1.165) is 22.3 Å². The van der Waals surface area contributed by atoms with Gasteiger partial charge in [0.05, 0.1) is 35.6 Å². The summed E-state index contributed by atoms with van der Waals surface area (Å²) < 4.78 is 19.0. The fraction of sp³-hybridized carbons (Fsp3) is 0.139. The maximum Gasteiger partial charge on any atom is 0.338 e. The number of benzene rings is 4. The van der Waals surface area contributed by atoms with E-state index in [0.29, 0.717) is 38.7 Å². The predicted molar refractivity (Wildman–Crippen MR) is 171 cm³/mol. The second-order valence-corrected chi connectivity index (χ2v) is 11.1. The number of carbonyl (C=O) groups is 1. The summed E-state index contributed by atoms with van der Waals surface area (Å²) in [6, 6.07) is 33.7. The Morgan fingerprint density at radius 1 is 0.909 bits per heavy atom. The number of nitrogens with zero attached hydrogens (tertiary/aromatic N) is 2. The van der Waals surface area contributed by atoms with Gasteiger partial charge in [0.25, 0.3) is 5.56 Å². The largest absolute Gasteiger partial charge is 0.497 e. The highest BCUT2D eigenvalue weighted by molar-refractivity contribution is 7.07. The topological polar surface area (TPSA) is 79.1 Å². The summed E-state index contributed by atoms with van der Waals surface area (Å²) in [7, 11) is 1.59. The van der Waals surface area contributed by atoms with Gasteiger partial charge < -0.3 is 14.2 Å². The van der Waals surface area contributed by atoms with Gasteiger partial charge in [-0.15, -0.1) is 0 Å². The molecule has 1 aromatic heterocycles. The van der Waals surface area contributed by atoms with Crippen molar-refractivity contribution in [2.75, 3.05) is 13.7 Å². The lowest BCUT2D eigenvalue weighted by molar-refractivity contribution is -0.138. The first kappa shape index (κ1) is 28.9. The van der Waals surface area contributed by atoms with Crippen molar-refractivity contribution in [3.05, 3.63) is 157 Å². The minimum atomic E-state index is -0.755. The summed E-state index contributed by atoms with van der Waals surface area (Å²) in [6.45, 7) is 2.38. The number of carbonyl (C=O) groups excluding carboxylic acids is 1. The van der Waals surface area contributed by atoms with Crippen molar-refractivity contribution in [2.24, 2.45) is 4.99 Å². The fourth-order valence-electron chi connectivity index (χ4n) is 5.13. The number of thiazole rings is 1. The molecule has 2 heterocycles. The molecule has 0 spiro atoms. The molecule has 0 fully saturated rings. The standard InChI is InChI=1S/C36H30N2O5S/c1-3-42-35(40)31-32(26-14-8-5-9-15-26)37-36-38(33(31)27-17-19-28(41-2)20-18-27)34(39)30(44-36)22-25-13-10-16-29(21-25)43-23-24-11-6-4-7-12-24/h4-22,33H,3,23H2,1-2H3/b30-22+/t33-/m1/s1. The first-order chi connectivity index (χ1) is 21.6. The van der Waals surface area contributed by atoms with Crippen LogP contribution in [0.25, 0.3) is 11.8 Å². The monoisotopic (exact) mass is 602 g/mol. The molecule has 1 atom stereocenters. The van der Waals surface area contributed by atoms with E-state index in [4.69, 9.17) is 19.2 Å². The van der Waals surface area contributed by atoms with E-state index < -0.39 is 12.0 Å². The number of esters is 1. The molecule has 0 saturated heterocycles. The first-order valence-electron chi connectivity index (χ1n) is 14.2. The van der Waals surface area contributed by atoms with Crippen LogP contribution in [0, 0.1) is 0 Å². The SMILES string of the molecule is CCOC(=O)C1=C(c2ccccc2)N=c2s/c(=C/c3cccc(OCc4ccccc4)c3)c(=O)n2[C@@H]1c1ccc(OC)cc1. The second-order valence-electron chi connectivity index (χ2n) is 10.1. The molecule has 1 aliphatic rings. The van der Waals surface area contributed by atoms with Gasteiger partial charge in [0.1, 0.15) is 18.1 Å². The highest BCUT2D eigenvalue weighted by Crippen LogP contribution is 2.35. The van der Waals surface area contributed by atoms with E-state index >= 15 is 0 Å². The minimum Gasteiger partial charge on any atom is -0.497 e. The van der Waals surface area contributed by atoms with E-state index in [1.807, 2.05) is 115 Å². The van der Waals surface area contributed by atoms with E-state index in [1.165, 1.54) is 11.3 Å². The lowest BCUT2D eigenvalue weighted by atomic mass is 9.93. The third-order valence-corrected chi connectivity index (χ3v) is 8.19. The zero-order valence-corrected chi connectivity index (χ0v) is 25.1. The lowest BCUT2D eigenvalue weighted by Gasteiger charge is -2.26. The van der Waals surface area contributed by atoms with Crippen LogP contribution in [0.3, 0.4) is 0 Å². The maximum absolute atomic E-state index is 14.1. The second kappa shape index (κ2) is 13.0. The van der Waals surface area contributed by atoms with Crippen LogP contribution in [0.2, 0.25) is 0 Å². The number of methoxy groups -OCH3 is 1. The van der Waals surface area contributed by atoms with Crippen LogP contribution >= 0.6 is 11.3 Å². The Hall–Kier alpha value is -5.21. The van der Waals surface area contributed by atoms with Gasteiger partial charge in [0, 0.05) is 5.56 Å².